The van der Waals surface area contributed by atoms with E-state index in [0.29, 0.717) is 30.3 Å². The highest BCUT2D eigenvalue weighted by molar-refractivity contribution is 7.89. The predicted molar refractivity (Wildman–Crippen MR) is 100 cm³/mol. The average molecular weight is 408 g/mol. The second-order valence-electron chi connectivity index (χ2n) is 6.41. The van der Waals surface area contributed by atoms with Crippen LogP contribution in [0.25, 0.3) is 0 Å². The van der Waals surface area contributed by atoms with Gasteiger partial charge in [0, 0.05) is 13.1 Å². The number of nitrogens with zero attached hydrogens (tertiary/aromatic N) is 1. The maximum absolute atomic E-state index is 13.0. The largest absolute Gasteiger partial charge is 0.486 e. The number of rotatable bonds is 6. The van der Waals surface area contributed by atoms with Crippen molar-refractivity contribution in [2.45, 2.75) is 17.9 Å². The van der Waals surface area contributed by atoms with E-state index in [4.69, 9.17) is 9.47 Å². The summed E-state index contributed by atoms with van der Waals surface area (Å²) in [6.07, 6.45) is 0. The van der Waals surface area contributed by atoms with Gasteiger partial charge in [-0.3, -0.25) is 4.79 Å². The van der Waals surface area contributed by atoms with Gasteiger partial charge >= 0.3 is 0 Å². The fraction of sp³-hybridized carbons (Fsp3) is 0.316. The van der Waals surface area contributed by atoms with Crippen LogP contribution in [0, 0.1) is 5.82 Å². The van der Waals surface area contributed by atoms with E-state index in [1.807, 2.05) is 0 Å². The minimum absolute atomic E-state index is 0.0126. The highest BCUT2D eigenvalue weighted by Gasteiger charge is 2.25. The van der Waals surface area contributed by atoms with Crippen LogP contribution in [0.1, 0.15) is 18.5 Å². The Kier molecular flexibility index (Phi) is 5.85. The first-order chi connectivity index (χ1) is 13.3. The van der Waals surface area contributed by atoms with E-state index in [1.165, 1.54) is 37.4 Å². The first-order valence-electron chi connectivity index (χ1n) is 8.68. The van der Waals surface area contributed by atoms with Crippen molar-refractivity contribution >= 4 is 15.9 Å². The van der Waals surface area contributed by atoms with Gasteiger partial charge < -0.3 is 14.8 Å². The molecule has 2 aromatic carbocycles. The molecule has 0 radical (unpaired) electrons. The van der Waals surface area contributed by atoms with Crippen LogP contribution in [-0.4, -0.2) is 45.4 Å². The lowest BCUT2D eigenvalue weighted by Gasteiger charge is -2.21. The van der Waals surface area contributed by atoms with E-state index in [0.717, 1.165) is 4.31 Å². The van der Waals surface area contributed by atoms with Crippen LogP contribution < -0.4 is 14.8 Å². The number of likely N-dealkylation sites (N-methyl/N-ethyl adjacent to an activating group) is 1. The Bertz CT molecular complexity index is 963. The summed E-state index contributed by atoms with van der Waals surface area (Å²) < 4.78 is 50.3. The zero-order valence-electron chi connectivity index (χ0n) is 15.5. The first kappa shape index (κ1) is 20.1. The minimum atomic E-state index is -3.89. The van der Waals surface area contributed by atoms with Crippen LogP contribution in [0.2, 0.25) is 0 Å². The summed E-state index contributed by atoms with van der Waals surface area (Å²) >= 11 is 0. The van der Waals surface area contributed by atoms with Crippen molar-refractivity contribution < 1.29 is 27.1 Å². The molecule has 0 saturated heterocycles. The van der Waals surface area contributed by atoms with Crippen LogP contribution in [0.15, 0.2) is 47.4 Å². The number of ether oxygens (including phenoxy) is 2. The van der Waals surface area contributed by atoms with Gasteiger partial charge in [-0.15, -0.1) is 0 Å². The predicted octanol–water partition coefficient (Wildman–Crippen LogP) is 2.09. The Hall–Kier alpha value is -2.65. The van der Waals surface area contributed by atoms with Gasteiger partial charge in [0.1, 0.15) is 19.0 Å². The van der Waals surface area contributed by atoms with Crippen molar-refractivity contribution in [3.63, 3.8) is 0 Å². The summed E-state index contributed by atoms with van der Waals surface area (Å²) in [5.41, 5.74) is 0.715. The molecule has 1 aliphatic rings. The molecule has 0 bridgehead atoms. The van der Waals surface area contributed by atoms with Crippen molar-refractivity contribution in [1.82, 2.24) is 9.62 Å². The van der Waals surface area contributed by atoms with Crippen molar-refractivity contribution in [1.29, 1.82) is 0 Å². The fourth-order valence-electron chi connectivity index (χ4n) is 2.77. The SMILES string of the molecule is CC(NC(=O)CN(C)S(=O)(=O)c1ccc2c(c1)OCCO2)c1ccc(F)cc1. The van der Waals surface area contributed by atoms with Crippen LogP contribution >= 0.6 is 0 Å². The van der Waals surface area contributed by atoms with Gasteiger partial charge in [0.2, 0.25) is 15.9 Å². The Balaban J connectivity index is 1.66. The summed E-state index contributed by atoms with van der Waals surface area (Å²) in [6, 6.07) is 9.68. The molecule has 0 saturated carbocycles. The molecule has 150 valence electrons. The van der Waals surface area contributed by atoms with Gasteiger partial charge in [-0.05, 0) is 36.8 Å². The molecule has 1 heterocycles. The molecule has 1 amide bonds. The highest BCUT2D eigenvalue weighted by atomic mass is 32.2. The lowest BCUT2D eigenvalue weighted by Crippen LogP contribution is -2.39. The molecule has 9 heteroatoms. The van der Waals surface area contributed by atoms with E-state index >= 15 is 0 Å². The number of sulfonamides is 1. The van der Waals surface area contributed by atoms with Crippen molar-refractivity contribution in [2.24, 2.45) is 0 Å². The molecule has 7 nitrogen and oxygen atoms in total. The van der Waals surface area contributed by atoms with Gasteiger partial charge in [0.15, 0.2) is 11.5 Å². The third kappa shape index (κ3) is 4.42. The number of fused-ring (bicyclic) bond motifs is 1. The van der Waals surface area contributed by atoms with Gasteiger partial charge in [-0.1, -0.05) is 12.1 Å². The Morgan fingerprint density at radius 2 is 1.79 bits per heavy atom. The lowest BCUT2D eigenvalue weighted by atomic mass is 10.1. The number of halogens is 1. The topological polar surface area (TPSA) is 84.9 Å². The van der Waals surface area contributed by atoms with E-state index in [9.17, 15) is 17.6 Å². The van der Waals surface area contributed by atoms with Gasteiger partial charge in [-0.25, -0.2) is 12.8 Å². The molecule has 1 atom stereocenters. The molecule has 0 fully saturated rings. The summed E-state index contributed by atoms with van der Waals surface area (Å²) in [5.74, 6) is 0.00167. The molecule has 0 aliphatic carbocycles. The summed E-state index contributed by atoms with van der Waals surface area (Å²) in [4.78, 5) is 12.3. The minimum Gasteiger partial charge on any atom is -0.486 e. The molecule has 0 aromatic heterocycles. The average Bonchev–Trinajstić information content (AvgIpc) is 2.67. The number of carbonyl (C=O) groups is 1. The fourth-order valence-corrected chi connectivity index (χ4v) is 3.92. The van der Waals surface area contributed by atoms with Crippen LogP contribution in [0.4, 0.5) is 4.39 Å². The van der Waals surface area contributed by atoms with Gasteiger partial charge in [0.25, 0.3) is 0 Å². The van der Waals surface area contributed by atoms with Crippen LogP contribution in [0.5, 0.6) is 11.5 Å². The molecule has 1 N–H and O–H groups in total. The summed E-state index contributed by atoms with van der Waals surface area (Å²) in [6.45, 7) is 2.13. The molecular weight excluding hydrogens is 387 g/mol. The molecule has 1 unspecified atom stereocenters. The second kappa shape index (κ2) is 8.15. The van der Waals surface area contributed by atoms with Crippen molar-refractivity contribution in [2.75, 3.05) is 26.8 Å². The lowest BCUT2D eigenvalue weighted by molar-refractivity contribution is -0.121. The van der Waals surface area contributed by atoms with Gasteiger partial charge in [-0.2, -0.15) is 4.31 Å². The number of carbonyl (C=O) groups excluding carboxylic acids is 1. The molecular formula is C19H21FN2O5S. The zero-order chi connectivity index (χ0) is 20.3. The standard InChI is InChI=1S/C19H21FN2O5S/c1-13(14-3-5-15(20)6-4-14)21-19(23)12-22(2)28(24,25)16-7-8-17-18(11-16)27-10-9-26-17/h3-8,11,13H,9-10,12H2,1-2H3,(H,21,23). The van der Waals surface area contributed by atoms with Crippen LogP contribution in [-0.2, 0) is 14.8 Å². The third-order valence-corrected chi connectivity index (χ3v) is 6.13. The quantitative estimate of drug-likeness (QED) is 0.791. The Labute approximate surface area is 163 Å². The zero-order valence-corrected chi connectivity index (χ0v) is 16.3. The number of hydrogen-bond donors (Lipinski definition) is 1. The molecule has 28 heavy (non-hydrogen) atoms. The van der Waals surface area contributed by atoms with Gasteiger partial charge in [0.05, 0.1) is 17.5 Å². The third-order valence-electron chi connectivity index (χ3n) is 4.34. The maximum Gasteiger partial charge on any atom is 0.243 e. The van der Waals surface area contributed by atoms with Crippen molar-refractivity contribution in [3.8, 4) is 11.5 Å². The highest BCUT2D eigenvalue weighted by Crippen LogP contribution is 2.32. The number of amides is 1. The van der Waals surface area contributed by atoms with E-state index < -0.39 is 22.0 Å². The normalized spacial score (nSPS) is 14.6. The van der Waals surface area contributed by atoms with Crippen LogP contribution in [0.3, 0.4) is 0 Å². The Morgan fingerprint density at radius 3 is 2.46 bits per heavy atom. The summed E-state index contributed by atoms with van der Waals surface area (Å²) in [5, 5.41) is 2.71. The monoisotopic (exact) mass is 408 g/mol. The molecule has 2 aromatic rings. The number of nitrogens with one attached hydrogen (secondary N) is 1. The van der Waals surface area contributed by atoms with E-state index in [-0.39, 0.29) is 17.3 Å². The smallest absolute Gasteiger partial charge is 0.243 e. The van der Waals surface area contributed by atoms with E-state index in [2.05, 4.69) is 5.32 Å². The first-order valence-corrected chi connectivity index (χ1v) is 10.1. The Morgan fingerprint density at radius 1 is 1.14 bits per heavy atom. The second-order valence-corrected chi connectivity index (χ2v) is 8.45. The molecule has 3 rings (SSSR count). The van der Waals surface area contributed by atoms with Crippen molar-refractivity contribution in [3.05, 3.63) is 53.8 Å². The molecule has 0 spiro atoms. The molecule has 1 aliphatic heterocycles. The van der Waals surface area contributed by atoms with E-state index in [1.54, 1.807) is 19.1 Å². The maximum atomic E-state index is 13.0. The number of benzene rings is 2. The summed E-state index contributed by atoms with van der Waals surface area (Å²) in [7, 11) is -2.56. The number of hydrogen-bond acceptors (Lipinski definition) is 5.